The summed E-state index contributed by atoms with van der Waals surface area (Å²) in [4.78, 5) is 5.20. The highest BCUT2D eigenvalue weighted by Gasteiger charge is 2.24. The lowest BCUT2D eigenvalue weighted by Crippen LogP contribution is -2.32. The van der Waals surface area contributed by atoms with E-state index >= 15 is 0 Å². The number of aromatic hydroxyl groups is 3. The molecule has 1 atom stereocenters. The third-order valence-electron chi connectivity index (χ3n) is 6.87. The number of unbranched alkanes of at least 4 members (excludes halogenated alkanes) is 3. The molecule has 0 amide bonds. The summed E-state index contributed by atoms with van der Waals surface area (Å²) in [5, 5.41) is 28.7. The first-order valence-electron chi connectivity index (χ1n) is 12.8. The third kappa shape index (κ3) is 11.1. The molecule has 2 aromatic rings. The summed E-state index contributed by atoms with van der Waals surface area (Å²) in [6.07, 6.45) is 10.7. The zero-order valence-corrected chi connectivity index (χ0v) is 24.5. The Kier molecular flexibility index (Phi) is 15.6. The number of rotatable bonds is 14. The lowest BCUT2D eigenvalue weighted by atomic mass is 10.0. The first-order valence-corrected chi connectivity index (χ1v) is 12.8. The van der Waals surface area contributed by atoms with Crippen LogP contribution in [0.15, 0.2) is 42.5 Å². The summed E-state index contributed by atoms with van der Waals surface area (Å²) in [7, 11) is 0. The van der Waals surface area contributed by atoms with Crippen LogP contribution in [-0.2, 0) is 12.8 Å². The fourth-order valence-corrected chi connectivity index (χ4v) is 4.99. The molecule has 1 aliphatic rings. The number of phenolic OH excluding ortho intramolecular Hbond substituents is 3. The monoisotopic (exact) mass is 614 g/mol. The average Bonchev–Trinajstić information content (AvgIpc) is 3.24. The smallest absolute Gasteiger partial charge is 0.157 e. The molecule has 0 bridgehead atoms. The molecule has 0 saturated carbocycles. The van der Waals surface area contributed by atoms with Gasteiger partial charge in [-0.25, -0.2) is 0 Å². The summed E-state index contributed by atoms with van der Waals surface area (Å²) < 4.78 is 0. The molecular weight excluding hydrogens is 572 g/mol. The summed E-state index contributed by atoms with van der Waals surface area (Å²) in [5.41, 5.74) is 2.39. The predicted molar refractivity (Wildman–Crippen MR) is 156 cm³/mol. The molecule has 0 aromatic heterocycles. The molecule has 1 unspecified atom stereocenters. The molecule has 2 aromatic carbocycles. The maximum atomic E-state index is 9.76. The van der Waals surface area contributed by atoms with Gasteiger partial charge in [0.2, 0.25) is 0 Å². The summed E-state index contributed by atoms with van der Waals surface area (Å²) in [6.45, 7) is 7.99. The van der Waals surface area contributed by atoms with Gasteiger partial charge in [0.05, 0.1) is 0 Å². The second kappa shape index (κ2) is 17.2. The van der Waals surface area contributed by atoms with Crippen molar-refractivity contribution in [3.63, 3.8) is 0 Å². The number of hydrogen-bond donors (Lipinski definition) is 3. The average molecular weight is 616 g/mol. The molecule has 3 N–H and O–H groups in total. The van der Waals surface area contributed by atoms with Crippen molar-refractivity contribution in [1.29, 1.82) is 0 Å². The molecule has 0 spiro atoms. The Labute approximate surface area is 232 Å². The minimum atomic E-state index is -0.0418. The lowest BCUT2D eigenvalue weighted by molar-refractivity contribution is 0.242. The Morgan fingerprint density at radius 1 is 0.829 bits per heavy atom. The summed E-state index contributed by atoms with van der Waals surface area (Å²) in [6, 6.07) is 13.4. The highest BCUT2D eigenvalue weighted by atomic mass is 79.9. The normalized spacial score (nSPS) is 15.7. The van der Waals surface area contributed by atoms with Gasteiger partial charge in [0, 0.05) is 12.6 Å². The van der Waals surface area contributed by atoms with Crippen molar-refractivity contribution in [2.45, 2.75) is 70.8 Å². The highest BCUT2D eigenvalue weighted by Crippen LogP contribution is 2.28. The van der Waals surface area contributed by atoms with E-state index in [0.717, 1.165) is 38.0 Å². The van der Waals surface area contributed by atoms with Crippen LogP contribution in [0, 0.1) is 0 Å². The molecule has 0 aliphatic carbocycles. The van der Waals surface area contributed by atoms with Gasteiger partial charge >= 0.3 is 0 Å². The first kappa shape index (κ1) is 31.7. The Hall–Kier alpha value is -1.28. The Balaban J connectivity index is 0.00000306. The SMILES string of the molecule is Br.Br.CCCN(CCCCCCN1CCCC1Cc1ccc(O)c(O)c1)CCc1ccc(O)cc1. The minimum absolute atomic E-state index is 0. The number of halogens is 2. The standard InChI is InChI=1S/C28H42N2O3.2BrH/c1-2-16-29(20-15-23-9-12-26(31)13-10-23)17-5-3-4-6-18-30-19-7-8-25(30)21-24-11-14-27(32)28(33)22-24;;/h9-14,22,25,31-33H,2-8,15-21H2,1H3;2*1H. The van der Waals surface area contributed by atoms with Gasteiger partial charge in [0.25, 0.3) is 0 Å². The molecule has 3 rings (SSSR count). The fraction of sp³-hybridized carbons (Fsp3) is 0.571. The van der Waals surface area contributed by atoms with Crippen molar-refractivity contribution in [3.05, 3.63) is 53.6 Å². The second-order valence-corrected chi connectivity index (χ2v) is 9.53. The van der Waals surface area contributed by atoms with Crippen LogP contribution < -0.4 is 0 Å². The molecule has 1 aliphatic heterocycles. The minimum Gasteiger partial charge on any atom is -0.508 e. The van der Waals surface area contributed by atoms with E-state index in [1.165, 1.54) is 63.6 Å². The van der Waals surface area contributed by atoms with Gasteiger partial charge in [0.1, 0.15) is 5.75 Å². The lowest BCUT2D eigenvalue weighted by Gasteiger charge is -2.25. The van der Waals surface area contributed by atoms with Gasteiger partial charge in [-0.15, -0.1) is 34.0 Å². The van der Waals surface area contributed by atoms with Crippen molar-refractivity contribution in [2.24, 2.45) is 0 Å². The van der Waals surface area contributed by atoms with Crippen molar-refractivity contribution in [3.8, 4) is 17.2 Å². The molecule has 1 heterocycles. The van der Waals surface area contributed by atoms with Crippen LogP contribution in [0.25, 0.3) is 0 Å². The molecule has 0 radical (unpaired) electrons. The zero-order chi connectivity index (χ0) is 23.5. The molecule has 1 saturated heterocycles. The van der Waals surface area contributed by atoms with Crippen LogP contribution in [-0.4, -0.2) is 63.9 Å². The van der Waals surface area contributed by atoms with E-state index in [1.54, 1.807) is 24.3 Å². The second-order valence-electron chi connectivity index (χ2n) is 9.53. The Morgan fingerprint density at radius 2 is 1.54 bits per heavy atom. The van der Waals surface area contributed by atoms with E-state index < -0.39 is 0 Å². The van der Waals surface area contributed by atoms with E-state index in [0.29, 0.717) is 11.8 Å². The van der Waals surface area contributed by atoms with Gasteiger partial charge in [0.15, 0.2) is 11.5 Å². The summed E-state index contributed by atoms with van der Waals surface area (Å²) >= 11 is 0. The topological polar surface area (TPSA) is 67.2 Å². The molecule has 1 fully saturated rings. The van der Waals surface area contributed by atoms with Crippen LogP contribution in [0.1, 0.15) is 63.0 Å². The number of benzene rings is 2. The van der Waals surface area contributed by atoms with Gasteiger partial charge in [-0.1, -0.05) is 38.0 Å². The summed E-state index contributed by atoms with van der Waals surface area (Å²) in [5.74, 6) is 0.279. The molecule has 5 nitrogen and oxygen atoms in total. The van der Waals surface area contributed by atoms with E-state index in [4.69, 9.17) is 0 Å². The van der Waals surface area contributed by atoms with Crippen LogP contribution in [0.5, 0.6) is 17.2 Å². The third-order valence-corrected chi connectivity index (χ3v) is 6.87. The zero-order valence-electron chi connectivity index (χ0n) is 21.1. The van der Waals surface area contributed by atoms with Gasteiger partial charge in [-0.3, -0.25) is 0 Å². The van der Waals surface area contributed by atoms with Crippen molar-refractivity contribution in [1.82, 2.24) is 9.80 Å². The Morgan fingerprint density at radius 3 is 2.26 bits per heavy atom. The number of phenols is 3. The molecular formula is C28H44Br2N2O3. The Bertz CT molecular complexity index is 835. The fourth-order valence-electron chi connectivity index (χ4n) is 4.99. The van der Waals surface area contributed by atoms with Gasteiger partial charge < -0.3 is 25.1 Å². The van der Waals surface area contributed by atoms with Gasteiger partial charge in [-0.2, -0.15) is 0 Å². The van der Waals surface area contributed by atoms with E-state index in [-0.39, 0.29) is 45.5 Å². The number of hydrogen-bond acceptors (Lipinski definition) is 5. The van der Waals surface area contributed by atoms with Crippen LogP contribution >= 0.6 is 34.0 Å². The maximum Gasteiger partial charge on any atom is 0.157 e. The first-order chi connectivity index (χ1) is 16.0. The van der Waals surface area contributed by atoms with Crippen molar-refractivity contribution < 1.29 is 15.3 Å². The van der Waals surface area contributed by atoms with Crippen LogP contribution in [0.3, 0.4) is 0 Å². The van der Waals surface area contributed by atoms with Crippen LogP contribution in [0.4, 0.5) is 0 Å². The number of nitrogens with zero attached hydrogens (tertiary/aromatic N) is 2. The molecule has 198 valence electrons. The predicted octanol–water partition coefficient (Wildman–Crippen LogP) is 6.48. The van der Waals surface area contributed by atoms with E-state index in [2.05, 4.69) is 16.7 Å². The van der Waals surface area contributed by atoms with E-state index in [1.807, 2.05) is 18.2 Å². The quantitative estimate of drug-likeness (QED) is 0.168. The van der Waals surface area contributed by atoms with Crippen molar-refractivity contribution in [2.75, 3.05) is 32.7 Å². The van der Waals surface area contributed by atoms with Gasteiger partial charge in [-0.05, 0) is 107 Å². The molecule has 35 heavy (non-hydrogen) atoms. The number of likely N-dealkylation sites (tertiary alicyclic amines) is 1. The largest absolute Gasteiger partial charge is 0.508 e. The van der Waals surface area contributed by atoms with Crippen LogP contribution in [0.2, 0.25) is 0 Å². The van der Waals surface area contributed by atoms with Crippen molar-refractivity contribution >= 4 is 34.0 Å². The molecule has 7 heteroatoms. The highest BCUT2D eigenvalue weighted by molar-refractivity contribution is 8.93. The maximum absolute atomic E-state index is 9.76. The van der Waals surface area contributed by atoms with E-state index in [9.17, 15) is 15.3 Å².